The molecule has 3 heteroatoms. The Kier molecular flexibility index (Phi) is 5.09. The van der Waals surface area contributed by atoms with Crippen LogP contribution in [0.3, 0.4) is 0 Å². The molecule has 0 N–H and O–H groups in total. The molecule has 1 unspecified atom stereocenters. The highest BCUT2D eigenvalue weighted by Gasteiger charge is 2.33. The topological polar surface area (TPSA) is 29.5 Å². The van der Waals surface area contributed by atoms with Crippen LogP contribution in [-0.2, 0) is 9.53 Å². The Hall–Kier alpha value is -0.570. The molecule has 0 aromatic heterocycles. The molecule has 0 spiro atoms. The maximum atomic E-state index is 11.9. The predicted molar refractivity (Wildman–Crippen MR) is 60.7 cm³/mol. The first-order valence-electron chi connectivity index (χ1n) is 5.99. The van der Waals surface area contributed by atoms with Crippen LogP contribution in [0.1, 0.15) is 39.5 Å². The molecule has 1 saturated carbocycles. The van der Waals surface area contributed by atoms with E-state index in [-0.39, 0.29) is 5.91 Å². The van der Waals surface area contributed by atoms with Gasteiger partial charge in [-0.2, -0.15) is 0 Å². The molecule has 0 radical (unpaired) electrons. The van der Waals surface area contributed by atoms with Crippen molar-refractivity contribution in [2.45, 2.75) is 45.6 Å². The van der Waals surface area contributed by atoms with E-state index in [1.54, 1.807) is 7.11 Å². The number of nitrogens with zero attached hydrogens (tertiary/aromatic N) is 1. The van der Waals surface area contributed by atoms with Crippen molar-refractivity contribution in [3.8, 4) is 0 Å². The minimum atomic E-state index is 0.286. The molecule has 1 amide bonds. The normalized spacial score (nSPS) is 17.5. The third-order valence-electron chi connectivity index (χ3n) is 3.12. The zero-order valence-electron chi connectivity index (χ0n) is 10.2. The molecule has 88 valence electrons. The molecule has 1 fully saturated rings. The third kappa shape index (κ3) is 3.82. The Balaban J connectivity index is 2.46. The van der Waals surface area contributed by atoms with Gasteiger partial charge in [0.1, 0.15) is 0 Å². The summed E-state index contributed by atoms with van der Waals surface area (Å²) in [6, 6.07) is 0.402. The number of carbonyl (C=O) groups excluding carboxylic acids is 1. The second kappa shape index (κ2) is 6.11. The van der Waals surface area contributed by atoms with Gasteiger partial charge in [0, 0.05) is 26.1 Å². The molecule has 0 aromatic rings. The van der Waals surface area contributed by atoms with Gasteiger partial charge < -0.3 is 9.64 Å². The van der Waals surface area contributed by atoms with E-state index in [0.717, 1.165) is 18.9 Å². The lowest BCUT2D eigenvalue weighted by Gasteiger charge is -2.29. The largest absolute Gasteiger partial charge is 0.383 e. The van der Waals surface area contributed by atoms with Crippen molar-refractivity contribution >= 4 is 5.91 Å². The summed E-state index contributed by atoms with van der Waals surface area (Å²) in [5, 5.41) is 0. The van der Waals surface area contributed by atoms with Gasteiger partial charge >= 0.3 is 0 Å². The van der Waals surface area contributed by atoms with Crippen molar-refractivity contribution in [2.24, 2.45) is 5.92 Å². The number of methoxy groups -OCH3 is 1. The second-order valence-electron chi connectivity index (χ2n) is 4.41. The molecule has 0 aliphatic heterocycles. The van der Waals surface area contributed by atoms with E-state index < -0.39 is 0 Å². The lowest BCUT2D eigenvalue weighted by Crippen LogP contribution is -2.41. The monoisotopic (exact) mass is 213 g/mol. The third-order valence-corrected chi connectivity index (χ3v) is 3.12. The zero-order chi connectivity index (χ0) is 11.3. The van der Waals surface area contributed by atoms with Crippen molar-refractivity contribution < 1.29 is 9.53 Å². The Morgan fingerprint density at radius 3 is 2.67 bits per heavy atom. The van der Waals surface area contributed by atoms with Gasteiger partial charge in [-0.1, -0.05) is 6.92 Å². The van der Waals surface area contributed by atoms with E-state index in [1.165, 1.54) is 12.8 Å². The van der Waals surface area contributed by atoms with Gasteiger partial charge in [0.25, 0.3) is 0 Å². The van der Waals surface area contributed by atoms with Gasteiger partial charge in [-0.3, -0.25) is 4.79 Å². The standard InChI is InChI=1S/C12H23NO2/c1-4-5-12(14)13(8-9-15-3)10(2)11-6-7-11/h10-11H,4-9H2,1-3H3. The molecule has 1 rings (SSSR count). The summed E-state index contributed by atoms with van der Waals surface area (Å²) in [7, 11) is 1.68. The highest BCUT2D eigenvalue weighted by molar-refractivity contribution is 5.76. The first-order chi connectivity index (χ1) is 7.20. The molecule has 1 aliphatic carbocycles. The van der Waals surface area contributed by atoms with E-state index in [2.05, 4.69) is 6.92 Å². The molecule has 1 aliphatic rings. The van der Waals surface area contributed by atoms with Crippen LogP contribution in [0.4, 0.5) is 0 Å². The van der Waals surface area contributed by atoms with Crippen LogP contribution in [0.2, 0.25) is 0 Å². The summed E-state index contributed by atoms with van der Waals surface area (Å²) < 4.78 is 5.06. The number of carbonyl (C=O) groups is 1. The smallest absolute Gasteiger partial charge is 0.222 e. The number of hydrogen-bond donors (Lipinski definition) is 0. The fourth-order valence-corrected chi connectivity index (χ4v) is 1.94. The van der Waals surface area contributed by atoms with Crippen LogP contribution in [0, 0.1) is 5.92 Å². The lowest BCUT2D eigenvalue weighted by atomic mass is 10.1. The minimum absolute atomic E-state index is 0.286. The fourth-order valence-electron chi connectivity index (χ4n) is 1.94. The predicted octanol–water partition coefficient (Wildman–Crippen LogP) is 2.06. The molecule has 15 heavy (non-hydrogen) atoms. The minimum Gasteiger partial charge on any atom is -0.383 e. The Morgan fingerprint density at radius 2 is 2.20 bits per heavy atom. The van der Waals surface area contributed by atoms with Crippen LogP contribution in [0.25, 0.3) is 0 Å². The summed E-state index contributed by atoms with van der Waals surface area (Å²) >= 11 is 0. The summed E-state index contributed by atoms with van der Waals surface area (Å²) in [5.41, 5.74) is 0. The van der Waals surface area contributed by atoms with Crippen LogP contribution >= 0.6 is 0 Å². The van der Waals surface area contributed by atoms with Crippen LogP contribution in [0.5, 0.6) is 0 Å². The number of amides is 1. The summed E-state index contributed by atoms with van der Waals surface area (Å²) in [6.45, 7) is 5.61. The van der Waals surface area contributed by atoms with Gasteiger partial charge in [-0.15, -0.1) is 0 Å². The van der Waals surface area contributed by atoms with Crippen molar-refractivity contribution in [3.63, 3.8) is 0 Å². The maximum absolute atomic E-state index is 11.9. The first kappa shape index (κ1) is 12.5. The number of ether oxygens (including phenoxy) is 1. The SMILES string of the molecule is CCCC(=O)N(CCOC)C(C)C1CC1. The number of hydrogen-bond acceptors (Lipinski definition) is 2. The molecular formula is C12H23NO2. The van der Waals surface area contributed by atoms with Crippen molar-refractivity contribution in [1.82, 2.24) is 4.90 Å². The van der Waals surface area contributed by atoms with Gasteiger partial charge in [0.05, 0.1) is 6.61 Å². The van der Waals surface area contributed by atoms with E-state index in [1.807, 2.05) is 11.8 Å². The maximum Gasteiger partial charge on any atom is 0.222 e. The molecule has 3 nitrogen and oxygen atoms in total. The van der Waals surface area contributed by atoms with Gasteiger partial charge in [0.2, 0.25) is 5.91 Å². The highest BCUT2D eigenvalue weighted by Crippen LogP contribution is 2.35. The van der Waals surface area contributed by atoms with E-state index in [4.69, 9.17) is 4.74 Å². The zero-order valence-corrected chi connectivity index (χ0v) is 10.2. The van der Waals surface area contributed by atoms with Crippen LogP contribution in [-0.4, -0.2) is 37.1 Å². The Bertz CT molecular complexity index is 202. The van der Waals surface area contributed by atoms with Gasteiger partial charge in [-0.25, -0.2) is 0 Å². The second-order valence-corrected chi connectivity index (χ2v) is 4.41. The summed E-state index contributed by atoms with van der Waals surface area (Å²) in [5.74, 6) is 1.02. The van der Waals surface area contributed by atoms with Crippen LogP contribution in [0.15, 0.2) is 0 Å². The quantitative estimate of drug-likeness (QED) is 0.648. The molecule has 0 bridgehead atoms. The molecule has 0 saturated heterocycles. The molecule has 1 atom stereocenters. The Labute approximate surface area is 92.8 Å². The fraction of sp³-hybridized carbons (Fsp3) is 0.917. The summed E-state index contributed by atoms with van der Waals surface area (Å²) in [6.07, 6.45) is 4.16. The van der Waals surface area contributed by atoms with Crippen molar-refractivity contribution in [1.29, 1.82) is 0 Å². The highest BCUT2D eigenvalue weighted by atomic mass is 16.5. The van der Waals surface area contributed by atoms with Gasteiger partial charge in [-0.05, 0) is 32.1 Å². The lowest BCUT2D eigenvalue weighted by molar-refractivity contribution is -0.134. The average molecular weight is 213 g/mol. The summed E-state index contributed by atoms with van der Waals surface area (Å²) in [4.78, 5) is 13.9. The van der Waals surface area contributed by atoms with Crippen molar-refractivity contribution in [2.75, 3.05) is 20.3 Å². The average Bonchev–Trinajstić information content (AvgIpc) is 3.01. The van der Waals surface area contributed by atoms with Crippen molar-refractivity contribution in [3.05, 3.63) is 0 Å². The van der Waals surface area contributed by atoms with Crippen LogP contribution < -0.4 is 0 Å². The molecule has 0 aromatic carbocycles. The van der Waals surface area contributed by atoms with Gasteiger partial charge in [0.15, 0.2) is 0 Å². The van der Waals surface area contributed by atoms with E-state index in [0.29, 0.717) is 19.1 Å². The van der Waals surface area contributed by atoms with E-state index >= 15 is 0 Å². The number of rotatable bonds is 7. The Morgan fingerprint density at radius 1 is 1.53 bits per heavy atom. The molecule has 0 heterocycles. The van der Waals surface area contributed by atoms with E-state index in [9.17, 15) is 4.79 Å². The first-order valence-corrected chi connectivity index (χ1v) is 5.99. The molecular weight excluding hydrogens is 190 g/mol.